The van der Waals surface area contributed by atoms with Crippen molar-refractivity contribution in [1.29, 1.82) is 0 Å². The van der Waals surface area contributed by atoms with Crippen molar-refractivity contribution >= 4 is 14.0 Å². The second-order valence-corrected chi connectivity index (χ2v) is 6.28. The van der Waals surface area contributed by atoms with Crippen LogP contribution in [-0.2, 0) is 31.8 Å². The Morgan fingerprint density at radius 1 is 0.682 bits per heavy atom. The Kier molecular flexibility index (Phi) is 23.7. The fraction of sp³-hybridized carbons (Fsp3) is 0.944. The number of hydrogen-bond donors (Lipinski definition) is 0. The molecule has 0 bridgehead atoms. The number of carbonyl (C=O) groups excluding carboxylic acids is 1. The Hall–Kier alpha value is 0.275. The zero-order valence-electron chi connectivity index (χ0n) is 15.1. The van der Waals surface area contributed by atoms with E-state index in [1.807, 2.05) is 0 Å². The van der Waals surface area contributed by atoms with Gasteiger partial charge in [0.15, 0.2) is 0 Å². The molecule has 0 N–H and O–H groups in total. The van der Waals surface area contributed by atoms with E-state index in [1.54, 1.807) is 0 Å². The maximum Gasteiger partial charge on any atom is 0.325 e. The van der Waals surface area contributed by atoms with Crippen LogP contribution in [0.1, 0.15) is 110 Å². The van der Waals surface area contributed by atoms with E-state index >= 15 is 0 Å². The number of rotatable bonds is 16. The molecular weight excluding hydrogens is 352 g/mol. The summed E-state index contributed by atoms with van der Waals surface area (Å²) in [5.41, 5.74) is 0. The van der Waals surface area contributed by atoms with Crippen molar-refractivity contribution in [2.45, 2.75) is 110 Å². The summed E-state index contributed by atoms with van der Waals surface area (Å²) in [6.07, 6.45) is 20.9. The summed E-state index contributed by atoms with van der Waals surface area (Å²) in [5.74, 6) is -0.0651. The van der Waals surface area contributed by atoms with Crippen LogP contribution in [0.5, 0.6) is 0 Å². The van der Waals surface area contributed by atoms with Gasteiger partial charge in [-0.15, -0.1) is 0 Å². The zero-order valence-corrected chi connectivity index (χ0v) is 17.3. The van der Waals surface area contributed by atoms with E-state index in [0.717, 1.165) is 6.42 Å². The van der Waals surface area contributed by atoms with Gasteiger partial charge in [0.25, 0.3) is 5.97 Å². The minimum Gasteiger partial charge on any atom is -0.543 e. The molecule has 0 aliphatic heterocycles. The third-order valence-electron chi connectivity index (χ3n) is 4.21. The molecule has 129 valence electrons. The summed E-state index contributed by atoms with van der Waals surface area (Å²) in [6, 6.07) is 0. The van der Waals surface area contributed by atoms with Crippen LogP contribution in [0.4, 0.5) is 0 Å². The van der Waals surface area contributed by atoms with Crippen molar-refractivity contribution in [1.82, 2.24) is 0 Å². The van der Waals surface area contributed by atoms with Crippen molar-refractivity contribution in [2.75, 3.05) is 0 Å². The zero-order chi connectivity index (χ0) is 15.6. The molecule has 0 aromatic rings. The predicted octanol–water partition coefficient (Wildman–Crippen LogP) is 5.34. The molecule has 0 aromatic carbocycles. The Labute approximate surface area is 155 Å². The van der Waals surface area contributed by atoms with E-state index in [0.29, 0.717) is 6.42 Å². The molecule has 2 nitrogen and oxygen atoms in total. The summed E-state index contributed by atoms with van der Waals surface area (Å²) >= 11 is 0. The van der Waals surface area contributed by atoms with Gasteiger partial charge in [-0.1, -0.05) is 96.8 Å². The maximum absolute atomic E-state index is 10.9. The van der Waals surface area contributed by atoms with Crippen molar-refractivity contribution in [3.63, 3.8) is 0 Å². The van der Waals surface area contributed by atoms with Crippen LogP contribution in [0, 0.1) is 0 Å². The average Bonchev–Trinajstić information content (AvgIpc) is 2.50. The van der Waals surface area contributed by atoms with Crippen LogP contribution >= 0.6 is 0 Å². The van der Waals surface area contributed by atoms with E-state index in [9.17, 15) is 4.79 Å². The molecule has 22 heavy (non-hydrogen) atoms. The first kappa shape index (κ1) is 24.5. The van der Waals surface area contributed by atoms with E-state index in [4.69, 9.17) is 0 Å². The maximum atomic E-state index is 10.9. The molecule has 0 heterocycles. The first-order valence-corrected chi connectivity index (χ1v) is 9.38. The van der Waals surface area contributed by atoms with Gasteiger partial charge in [0.05, 0.1) is 0 Å². The molecule has 0 aliphatic carbocycles. The van der Waals surface area contributed by atoms with E-state index in [2.05, 4.69) is 11.6 Å². The molecule has 0 atom stereocenters. The van der Waals surface area contributed by atoms with Crippen LogP contribution in [0.2, 0.25) is 0 Å². The van der Waals surface area contributed by atoms with Crippen molar-refractivity contribution < 1.29 is 31.8 Å². The molecule has 0 rings (SSSR count). The molecule has 0 fully saturated rings. The molecular formula is C18H37BNbO2. The summed E-state index contributed by atoms with van der Waals surface area (Å²) in [6.45, 7) is 2.28. The SMILES string of the molecule is BOC(=O)CCCCCCCCCCCCCCCCC.[Nb]. The molecule has 0 spiro atoms. The molecule has 0 amide bonds. The monoisotopic (exact) mass is 389 g/mol. The Bertz CT molecular complexity index is 225. The molecule has 0 aromatic heterocycles. The molecule has 0 unspecified atom stereocenters. The molecule has 0 aliphatic rings. The molecule has 1 radical (unpaired) electrons. The van der Waals surface area contributed by atoms with E-state index < -0.39 is 0 Å². The first-order chi connectivity index (χ1) is 10.3. The predicted molar refractivity (Wildman–Crippen MR) is 94.2 cm³/mol. The normalized spacial score (nSPS) is 10.2. The van der Waals surface area contributed by atoms with Crippen LogP contribution in [0.25, 0.3) is 0 Å². The van der Waals surface area contributed by atoms with Gasteiger partial charge in [-0.05, 0) is 6.42 Å². The summed E-state index contributed by atoms with van der Waals surface area (Å²) < 4.78 is 4.63. The van der Waals surface area contributed by atoms with Gasteiger partial charge < -0.3 is 4.65 Å². The van der Waals surface area contributed by atoms with E-state index in [-0.39, 0.29) is 28.3 Å². The van der Waals surface area contributed by atoms with Gasteiger partial charge in [0.1, 0.15) is 0 Å². The Balaban J connectivity index is 0. The van der Waals surface area contributed by atoms with Crippen LogP contribution in [0.3, 0.4) is 0 Å². The first-order valence-electron chi connectivity index (χ1n) is 9.38. The summed E-state index contributed by atoms with van der Waals surface area (Å²) in [7, 11) is 1.47. The molecule has 0 saturated carbocycles. The van der Waals surface area contributed by atoms with Gasteiger partial charge in [-0.25, -0.2) is 0 Å². The number of hydrogen-bond acceptors (Lipinski definition) is 2. The quantitative estimate of drug-likeness (QED) is 0.263. The number of carbonyl (C=O) groups is 1. The third kappa shape index (κ3) is 20.3. The van der Waals surface area contributed by atoms with Crippen LogP contribution in [0.15, 0.2) is 0 Å². The smallest absolute Gasteiger partial charge is 0.325 e. The minimum absolute atomic E-state index is 0. The minimum atomic E-state index is -0.0651. The Morgan fingerprint density at radius 3 is 1.32 bits per heavy atom. The van der Waals surface area contributed by atoms with Gasteiger partial charge in [0.2, 0.25) is 0 Å². The fourth-order valence-corrected chi connectivity index (χ4v) is 2.74. The Morgan fingerprint density at radius 2 is 1.00 bits per heavy atom. The standard InChI is InChI=1S/C18H37BO2.Nb/c1-2-3-4-5-6-7-8-9-10-11-12-13-14-15-16-17-18(20)21-19;/h2-17,19H2,1H3;. The third-order valence-corrected chi connectivity index (χ3v) is 4.21. The molecule has 4 heteroatoms. The van der Waals surface area contributed by atoms with Crippen molar-refractivity contribution in [3.8, 4) is 0 Å². The second kappa shape index (κ2) is 21.3. The summed E-state index contributed by atoms with van der Waals surface area (Å²) in [5, 5.41) is 0. The largest absolute Gasteiger partial charge is 0.543 e. The van der Waals surface area contributed by atoms with E-state index in [1.165, 1.54) is 97.9 Å². The van der Waals surface area contributed by atoms with Gasteiger partial charge >= 0.3 is 8.05 Å². The topological polar surface area (TPSA) is 26.3 Å². The second-order valence-electron chi connectivity index (χ2n) is 6.28. The van der Waals surface area contributed by atoms with Crippen LogP contribution in [-0.4, -0.2) is 14.0 Å². The van der Waals surface area contributed by atoms with Crippen molar-refractivity contribution in [2.24, 2.45) is 0 Å². The van der Waals surface area contributed by atoms with Gasteiger partial charge in [-0.3, -0.25) is 4.79 Å². The van der Waals surface area contributed by atoms with Crippen LogP contribution < -0.4 is 0 Å². The van der Waals surface area contributed by atoms with Gasteiger partial charge in [0, 0.05) is 28.8 Å². The molecule has 0 saturated heterocycles. The van der Waals surface area contributed by atoms with Crippen molar-refractivity contribution in [3.05, 3.63) is 0 Å². The van der Waals surface area contributed by atoms with Gasteiger partial charge in [-0.2, -0.15) is 0 Å². The summed E-state index contributed by atoms with van der Waals surface area (Å²) in [4.78, 5) is 10.9. The number of unbranched alkanes of at least 4 members (excludes halogenated alkanes) is 14. The fourth-order valence-electron chi connectivity index (χ4n) is 2.74. The average molecular weight is 389 g/mol.